The average molecular weight is 423 g/mol. The maximum Gasteiger partial charge on any atom is 0.156 e. The highest BCUT2D eigenvalue weighted by Gasteiger charge is 2.22. The lowest BCUT2D eigenvalue weighted by molar-refractivity contribution is -0.118. The second kappa shape index (κ2) is 8.92. The van der Waals surface area contributed by atoms with Crippen LogP contribution in [0.5, 0.6) is 0 Å². The van der Waals surface area contributed by atoms with E-state index in [2.05, 4.69) is 4.98 Å². The van der Waals surface area contributed by atoms with E-state index in [9.17, 15) is 4.79 Å². The highest BCUT2D eigenvalue weighted by Crippen LogP contribution is 2.37. The molecule has 0 aliphatic heterocycles. The number of carbonyl (C=O) groups excluding carboxylic acids is 1. The van der Waals surface area contributed by atoms with Gasteiger partial charge in [0.1, 0.15) is 0 Å². The molecule has 0 saturated heterocycles. The third kappa shape index (κ3) is 5.24. The molecule has 0 radical (unpaired) electrons. The van der Waals surface area contributed by atoms with Crippen molar-refractivity contribution in [3.63, 3.8) is 0 Å². The predicted molar refractivity (Wildman–Crippen MR) is 109 cm³/mol. The van der Waals surface area contributed by atoms with E-state index in [0.717, 1.165) is 10.5 Å². The third-order valence-electron chi connectivity index (χ3n) is 3.68. The second-order valence-electron chi connectivity index (χ2n) is 5.61. The molecule has 0 spiro atoms. The summed E-state index contributed by atoms with van der Waals surface area (Å²) in [7, 11) is 0. The molecule has 0 fully saturated rings. The standard InChI is InChI=1S/C20H14Cl3NOS/c21-14-3-1-13(2-4-14)20(26-18-9-6-15(22)7-10-18)19(25)11-17-8-5-16(23)12-24-17/h1-10,12,20H,11H2. The molecule has 1 aromatic heterocycles. The Morgan fingerprint density at radius 2 is 1.42 bits per heavy atom. The van der Waals surface area contributed by atoms with Crippen LogP contribution in [0.3, 0.4) is 0 Å². The van der Waals surface area contributed by atoms with Crippen LogP contribution in [0.2, 0.25) is 15.1 Å². The summed E-state index contributed by atoms with van der Waals surface area (Å²) in [6, 6.07) is 18.3. The van der Waals surface area contributed by atoms with E-state index in [4.69, 9.17) is 34.8 Å². The van der Waals surface area contributed by atoms with Crippen molar-refractivity contribution >= 4 is 52.3 Å². The molecule has 26 heavy (non-hydrogen) atoms. The molecular formula is C20H14Cl3NOS. The quantitative estimate of drug-likeness (QED) is 0.415. The zero-order valence-corrected chi connectivity index (χ0v) is 16.6. The van der Waals surface area contributed by atoms with Crippen molar-refractivity contribution in [2.45, 2.75) is 16.6 Å². The van der Waals surface area contributed by atoms with Crippen LogP contribution >= 0.6 is 46.6 Å². The van der Waals surface area contributed by atoms with Gasteiger partial charge in [-0.3, -0.25) is 9.78 Å². The maximum absolute atomic E-state index is 13.0. The van der Waals surface area contributed by atoms with E-state index in [-0.39, 0.29) is 17.5 Å². The number of ketones is 1. The minimum Gasteiger partial charge on any atom is -0.298 e. The number of benzene rings is 2. The van der Waals surface area contributed by atoms with Gasteiger partial charge >= 0.3 is 0 Å². The van der Waals surface area contributed by atoms with Crippen LogP contribution in [0.25, 0.3) is 0 Å². The van der Waals surface area contributed by atoms with Crippen LogP contribution in [0, 0.1) is 0 Å². The van der Waals surface area contributed by atoms with Crippen molar-refractivity contribution < 1.29 is 4.79 Å². The van der Waals surface area contributed by atoms with Crippen molar-refractivity contribution in [2.75, 3.05) is 0 Å². The molecule has 3 rings (SSSR count). The first-order chi connectivity index (χ1) is 12.5. The number of thioether (sulfide) groups is 1. The van der Waals surface area contributed by atoms with Gasteiger partial charge < -0.3 is 0 Å². The molecule has 1 heterocycles. The van der Waals surface area contributed by atoms with E-state index in [1.54, 1.807) is 30.5 Å². The van der Waals surface area contributed by atoms with Gasteiger partial charge in [-0.2, -0.15) is 0 Å². The van der Waals surface area contributed by atoms with Crippen molar-refractivity contribution in [2.24, 2.45) is 0 Å². The molecule has 0 amide bonds. The Morgan fingerprint density at radius 1 is 0.846 bits per heavy atom. The first-order valence-corrected chi connectivity index (χ1v) is 9.83. The van der Waals surface area contributed by atoms with Gasteiger partial charge in [0.2, 0.25) is 0 Å². The number of rotatable bonds is 6. The highest BCUT2D eigenvalue weighted by atomic mass is 35.5. The Hall–Kier alpha value is -1.52. The summed E-state index contributed by atoms with van der Waals surface area (Å²) < 4.78 is 0. The smallest absolute Gasteiger partial charge is 0.156 e. The number of carbonyl (C=O) groups is 1. The lowest BCUT2D eigenvalue weighted by atomic mass is 10.0. The molecule has 1 atom stereocenters. The summed E-state index contributed by atoms with van der Waals surface area (Å²) in [6.07, 6.45) is 1.78. The third-order valence-corrected chi connectivity index (χ3v) is 5.72. The van der Waals surface area contributed by atoms with E-state index in [1.807, 2.05) is 36.4 Å². The first-order valence-electron chi connectivity index (χ1n) is 7.82. The van der Waals surface area contributed by atoms with Crippen LogP contribution < -0.4 is 0 Å². The second-order valence-corrected chi connectivity index (χ2v) is 8.10. The molecule has 2 nitrogen and oxygen atoms in total. The minimum absolute atomic E-state index is 0.0575. The monoisotopic (exact) mass is 421 g/mol. The Morgan fingerprint density at radius 3 is 2.00 bits per heavy atom. The Bertz CT molecular complexity index is 880. The molecule has 3 aromatic rings. The van der Waals surface area contributed by atoms with Crippen molar-refractivity contribution in [1.82, 2.24) is 4.98 Å². The SMILES string of the molecule is O=C(Cc1ccc(Cl)cn1)C(Sc1ccc(Cl)cc1)c1ccc(Cl)cc1. The summed E-state index contributed by atoms with van der Waals surface area (Å²) in [5, 5.41) is 1.47. The highest BCUT2D eigenvalue weighted by molar-refractivity contribution is 8.00. The largest absolute Gasteiger partial charge is 0.298 e. The van der Waals surface area contributed by atoms with E-state index in [1.165, 1.54) is 11.8 Å². The number of Topliss-reactive ketones (excluding diaryl/α,β-unsaturated/α-hetero) is 1. The Labute approximate surface area is 171 Å². The van der Waals surface area contributed by atoms with Gasteiger partial charge in [0.05, 0.1) is 16.7 Å². The minimum atomic E-state index is -0.370. The fourth-order valence-electron chi connectivity index (χ4n) is 2.39. The van der Waals surface area contributed by atoms with E-state index < -0.39 is 0 Å². The zero-order valence-electron chi connectivity index (χ0n) is 13.5. The number of nitrogens with zero attached hydrogens (tertiary/aromatic N) is 1. The molecule has 0 aliphatic rings. The lowest BCUT2D eigenvalue weighted by Crippen LogP contribution is -2.13. The predicted octanol–water partition coefficient (Wildman–Crippen LogP) is 6.69. The van der Waals surface area contributed by atoms with Gasteiger partial charge in [-0.15, -0.1) is 11.8 Å². The van der Waals surface area contributed by atoms with Gasteiger partial charge in [-0.25, -0.2) is 0 Å². The molecule has 0 N–H and O–H groups in total. The van der Waals surface area contributed by atoms with Gasteiger partial charge in [0.15, 0.2) is 5.78 Å². The molecule has 0 aliphatic carbocycles. The summed E-state index contributed by atoms with van der Waals surface area (Å²) in [4.78, 5) is 18.2. The van der Waals surface area contributed by atoms with Crippen LogP contribution in [-0.4, -0.2) is 10.8 Å². The molecular weight excluding hydrogens is 409 g/mol. The number of hydrogen-bond acceptors (Lipinski definition) is 3. The van der Waals surface area contributed by atoms with Gasteiger partial charge in [-0.05, 0) is 54.1 Å². The maximum atomic E-state index is 13.0. The normalized spacial score (nSPS) is 12.0. The molecule has 1 unspecified atom stereocenters. The summed E-state index contributed by atoms with van der Waals surface area (Å²) in [6.45, 7) is 0. The number of halogens is 3. The number of aromatic nitrogens is 1. The van der Waals surface area contributed by atoms with Gasteiger partial charge in [0.25, 0.3) is 0 Å². The van der Waals surface area contributed by atoms with Crippen LogP contribution in [0.4, 0.5) is 0 Å². The van der Waals surface area contributed by atoms with E-state index in [0.29, 0.717) is 20.8 Å². The average Bonchev–Trinajstić information content (AvgIpc) is 2.64. The first kappa shape index (κ1) is 19.2. The Kier molecular flexibility index (Phi) is 6.60. The topological polar surface area (TPSA) is 30.0 Å². The summed E-state index contributed by atoms with van der Waals surface area (Å²) in [5.74, 6) is 0.0575. The fraction of sp³-hybridized carbons (Fsp3) is 0.100. The summed E-state index contributed by atoms with van der Waals surface area (Å²) in [5.41, 5.74) is 1.59. The number of pyridine rings is 1. The van der Waals surface area contributed by atoms with Crippen molar-refractivity contribution in [3.8, 4) is 0 Å². The van der Waals surface area contributed by atoms with Crippen LogP contribution in [-0.2, 0) is 11.2 Å². The molecule has 132 valence electrons. The molecule has 2 aromatic carbocycles. The lowest BCUT2D eigenvalue weighted by Gasteiger charge is -2.16. The van der Waals surface area contributed by atoms with Crippen molar-refractivity contribution in [1.29, 1.82) is 0 Å². The fourth-order valence-corrected chi connectivity index (χ4v) is 3.83. The van der Waals surface area contributed by atoms with Gasteiger partial charge in [-0.1, -0.05) is 46.9 Å². The van der Waals surface area contributed by atoms with Crippen LogP contribution in [0.1, 0.15) is 16.5 Å². The Balaban J connectivity index is 1.85. The van der Waals surface area contributed by atoms with Gasteiger partial charge in [0, 0.05) is 26.8 Å². The molecule has 6 heteroatoms. The summed E-state index contributed by atoms with van der Waals surface area (Å²) >= 11 is 19.3. The number of hydrogen-bond donors (Lipinski definition) is 0. The van der Waals surface area contributed by atoms with Crippen LogP contribution in [0.15, 0.2) is 71.8 Å². The molecule has 0 saturated carbocycles. The molecule has 0 bridgehead atoms. The zero-order chi connectivity index (χ0) is 18.5. The van der Waals surface area contributed by atoms with E-state index >= 15 is 0 Å². The van der Waals surface area contributed by atoms with Crippen molar-refractivity contribution in [3.05, 3.63) is 93.2 Å².